The molecule has 1 atom stereocenters. The second kappa shape index (κ2) is 6.49. The molecule has 5 nitrogen and oxygen atoms in total. The van der Waals surface area contributed by atoms with Crippen LogP contribution in [0.15, 0.2) is 43.0 Å². The van der Waals surface area contributed by atoms with Crippen molar-refractivity contribution >= 4 is 28.2 Å². The number of halogens is 1. The van der Waals surface area contributed by atoms with Crippen molar-refractivity contribution in [2.75, 3.05) is 11.4 Å². The SMILES string of the molecule is CC1(C)CC(O)CCN1c1cc(-c2ccncc2Cl)nc2cnccc12. The topological polar surface area (TPSA) is 62.1 Å². The van der Waals surface area contributed by atoms with Crippen LogP contribution < -0.4 is 4.90 Å². The lowest BCUT2D eigenvalue weighted by Gasteiger charge is -2.46. The van der Waals surface area contributed by atoms with E-state index in [0.717, 1.165) is 47.2 Å². The zero-order chi connectivity index (χ0) is 18.3. The van der Waals surface area contributed by atoms with Gasteiger partial charge >= 0.3 is 0 Å². The molecule has 1 N–H and O–H groups in total. The zero-order valence-electron chi connectivity index (χ0n) is 14.9. The summed E-state index contributed by atoms with van der Waals surface area (Å²) >= 11 is 6.36. The fourth-order valence-corrected chi connectivity index (χ4v) is 4.04. The highest BCUT2D eigenvalue weighted by molar-refractivity contribution is 6.33. The predicted molar refractivity (Wildman–Crippen MR) is 104 cm³/mol. The molecule has 0 amide bonds. The first kappa shape index (κ1) is 17.2. The lowest BCUT2D eigenvalue weighted by atomic mass is 9.87. The lowest BCUT2D eigenvalue weighted by molar-refractivity contribution is 0.107. The average molecular weight is 369 g/mol. The fourth-order valence-electron chi connectivity index (χ4n) is 3.82. The summed E-state index contributed by atoms with van der Waals surface area (Å²) in [6, 6.07) is 5.96. The third-order valence-corrected chi connectivity index (χ3v) is 5.38. The monoisotopic (exact) mass is 368 g/mol. The number of piperidine rings is 1. The van der Waals surface area contributed by atoms with Gasteiger partial charge in [0.15, 0.2) is 0 Å². The smallest absolute Gasteiger partial charge is 0.0913 e. The van der Waals surface area contributed by atoms with Crippen LogP contribution in [0.1, 0.15) is 26.7 Å². The van der Waals surface area contributed by atoms with Crippen LogP contribution in [0.5, 0.6) is 0 Å². The molecule has 1 aliphatic rings. The highest BCUT2D eigenvalue weighted by atomic mass is 35.5. The molecule has 3 aromatic rings. The first-order valence-electron chi connectivity index (χ1n) is 8.76. The fraction of sp³-hybridized carbons (Fsp3) is 0.350. The first-order valence-corrected chi connectivity index (χ1v) is 9.14. The number of aliphatic hydroxyl groups excluding tert-OH is 1. The van der Waals surface area contributed by atoms with E-state index in [2.05, 4.69) is 34.8 Å². The van der Waals surface area contributed by atoms with Gasteiger partial charge in [0, 0.05) is 47.3 Å². The van der Waals surface area contributed by atoms with Crippen LogP contribution in [0.4, 0.5) is 5.69 Å². The molecule has 0 aliphatic carbocycles. The van der Waals surface area contributed by atoms with E-state index >= 15 is 0 Å². The Kier molecular flexibility index (Phi) is 4.29. The van der Waals surface area contributed by atoms with Crippen molar-refractivity contribution < 1.29 is 5.11 Å². The molecule has 0 saturated carbocycles. The van der Waals surface area contributed by atoms with E-state index in [1.165, 1.54) is 0 Å². The van der Waals surface area contributed by atoms with E-state index in [0.29, 0.717) is 5.02 Å². The Morgan fingerprint density at radius 2 is 1.96 bits per heavy atom. The first-order chi connectivity index (χ1) is 12.5. The number of hydrogen-bond donors (Lipinski definition) is 1. The molecule has 3 aromatic heterocycles. The van der Waals surface area contributed by atoms with Crippen LogP contribution in [0.25, 0.3) is 22.2 Å². The molecule has 26 heavy (non-hydrogen) atoms. The molecule has 0 aromatic carbocycles. The third-order valence-electron chi connectivity index (χ3n) is 5.08. The molecule has 1 fully saturated rings. The van der Waals surface area contributed by atoms with Crippen molar-refractivity contribution in [2.45, 2.75) is 38.3 Å². The van der Waals surface area contributed by atoms with Gasteiger partial charge < -0.3 is 10.0 Å². The van der Waals surface area contributed by atoms with E-state index in [-0.39, 0.29) is 11.6 Å². The second-order valence-corrected chi connectivity index (χ2v) is 7.79. The van der Waals surface area contributed by atoms with Gasteiger partial charge in [-0.3, -0.25) is 9.97 Å². The van der Waals surface area contributed by atoms with Gasteiger partial charge in [-0.25, -0.2) is 4.98 Å². The number of hydrogen-bond acceptors (Lipinski definition) is 5. The standard InChI is InChI=1S/C20H21ClN4O/c1-20(2)10-13(26)5-8-25(20)19-9-17(14-3-6-22-11-16(14)21)24-18-12-23-7-4-15(18)19/h3-4,6-7,9,11-13,26H,5,8,10H2,1-2H3. The highest BCUT2D eigenvalue weighted by Crippen LogP contribution is 2.39. The van der Waals surface area contributed by atoms with Gasteiger partial charge in [0.05, 0.1) is 28.5 Å². The van der Waals surface area contributed by atoms with Crippen molar-refractivity contribution in [3.63, 3.8) is 0 Å². The molecule has 1 unspecified atom stereocenters. The number of pyridine rings is 3. The molecular weight excluding hydrogens is 348 g/mol. The van der Waals surface area contributed by atoms with Gasteiger partial charge in [0.2, 0.25) is 0 Å². The van der Waals surface area contributed by atoms with Crippen LogP contribution in [0, 0.1) is 0 Å². The molecule has 4 heterocycles. The Bertz CT molecular complexity index is 959. The van der Waals surface area contributed by atoms with Gasteiger partial charge in [-0.05, 0) is 44.9 Å². The number of aromatic nitrogens is 3. The second-order valence-electron chi connectivity index (χ2n) is 7.39. The van der Waals surface area contributed by atoms with Crippen molar-refractivity contribution in [2.24, 2.45) is 0 Å². The molecular formula is C20H21ClN4O. The summed E-state index contributed by atoms with van der Waals surface area (Å²) in [5.74, 6) is 0. The highest BCUT2D eigenvalue weighted by Gasteiger charge is 2.35. The number of aliphatic hydroxyl groups is 1. The summed E-state index contributed by atoms with van der Waals surface area (Å²) in [4.78, 5) is 15.4. The predicted octanol–water partition coefficient (Wildman–Crippen LogP) is 4.08. The molecule has 4 rings (SSSR count). The lowest BCUT2D eigenvalue weighted by Crippen LogP contribution is -2.51. The van der Waals surface area contributed by atoms with Crippen LogP contribution in [0.3, 0.4) is 0 Å². The van der Waals surface area contributed by atoms with E-state index in [9.17, 15) is 5.11 Å². The summed E-state index contributed by atoms with van der Waals surface area (Å²) in [7, 11) is 0. The molecule has 134 valence electrons. The van der Waals surface area contributed by atoms with Crippen molar-refractivity contribution in [3.05, 3.63) is 48.0 Å². The Balaban J connectivity index is 1.92. The molecule has 0 bridgehead atoms. The van der Waals surface area contributed by atoms with E-state index in [1.807, 2.05) is 12.1 Å². The quantitative estimate of drug-likeness (QED) is 0.738. The number of rotatable bonds is 2. The normalized spacial score (nSPS) is 19.7. The number of fused-ring (bicyclic) bond motifs is 1. The summed E-state index contributed by atoms with van der Waals surface area (Å²) in [6.07, 6.45) is 8.15. The Labute approximate surface area is 157 Å². The van der Waals surface area contributed by atoms with E-state index < -0.39 is 0 Å². The maximum absolute atomic E-state index is 10.1. The van der Waals surface area contributed by atoms with Gasteiger partial charge in [0.25, 0.3) is 0 Å². The van der Waals surface area contributed by atoms with Crippen LogP contribution in [-0.2, 0) is 0 Å². The third kappa shape index (κ3) is 3.02. The van der Waals surface area contributed by atoms with Crippen LogP contribution in [0.2, 0.25) is 5.02 Å². The van der Waals surface area contributed by atoms with Gasteiger partial charge in [0.1, 0.15) is 0 Å². The van der Waals surface area contributed by atoms with Crippen molar-refractivity contribution in [3.8, 4) is 11.3 Å². The Morgan fingerprint density at radius 3 is 2.73 bits per heavy atom. The van der Waals surface area contributed by atoms with E-state index in [1.54, 1.807) is 24.8 Å². The largest absolute Gasteiger partial charge is 0.393 e. The van der Waals surface area contributed by atoms with Crippen molar-refractivity contribution in [1.82, 2.24) is 15.0 Å². The maximum atomic E-state index is 10.1. The number of anilines is 1. The zero-order valence-corrected chi connectivity index (χ0v) is 15.6. The summed E-state index contributed by atoms with van der Waals surface area (Å²) in [5.41, 5.74) is 3.42. The summed E-state index contributed by atoms with van der Waals surface area (Å²) in [5, 5.41) is 11.7. The van der Waals surface area contributed by atoms with Gasteiger partial charge in [-0.15, -0.1) is 0 Å². The average Bonchev–Trinajstić information content (AvgIpc) is 2.60. The number of nitrogens with zero attached hydrogens (tertiary/aromatic N) is 4. The Hall–Kier alpha value is -2.24. The minimum Gasteiger partial charge on any atom is -0.393 e. The molecule has 1 aliphatic heterocycles. The molecule has 0 radical (unpaired) electrons. The summed E-state index contributed by atoms with van der Waals surface area (Å²) < 4.78 is 0. The maximum Gasteiger partial charge on any atom is 0.0913 e. The van der Waals surface area contributed by atoms with Crippen LogP contribution >= 0.6 is 11.6 Å². The van der Waals surface area contributed by atoms with Gasteiger partial charge in [-0.2, -0.15) is 0 Å². The summed E-state index contributed by atoms with van der Waals surface area (Å²) in [6.45, 7) is 5.13. The van der Waals surface area contributed by atoms with Crippen molar-refractivity contribution in [1.29, 1.82) is 0 Å². The molecule has 0 spiro atoms. The minimum atomic E-state index is -0.259. The Morgan fingerprint density at radius 1 is 1.19 bits per heavy atom. The van der Waals surface area contributed by atoms with E-state index in [4.69, 9.17) is 16.6 Å². The molecule has 6 heteroatoms. The minimum absolute atomic E-state index is 0.158. The molecule has 1 saturated heterocycles. The van der Waals surface area contributed by atoms with Crippen LogP contribution in [-0.4, -0.2) is 38.2 Å². The van der Waals surface area contributed by atoms with Gasteiger partial charge in [-0.1, -0.05) is 11.6 Å².